The lowest BCUT2D eigenvalue weighted by Crippen LogP contribution is -2.30. The number of rotatable bonds is 1. The Hall–Kier alpha value is -0.590. The van der Waals surface area contributed by atoms with Crippen LogP contribution in [0.3, 0.4) is 0 Å². The maximum Gasteiger partial charge on any atom is 0.154 e. The zero-order chi connectivity index (χ0) is 7.61. The molecule has 0 aromatic rings. The van der Waals surface area contributed by atoms with Crippen LogP contribution in [0.25, 0.3) is 0 Å². The third-order valence-electron chi connectivity index (χ3n) is 1.61. The van der Waals surface area contributed by atoms with Gasteiger partial charge in [0.25, 0.3) is 0 Å². The second-order valence-corrected chi connectivity index (χ2v) is 2.41. The molecular formula is C7H9FO2. The van der Waals surface area contributed by atoms with E-state index in [1.54, 1.807) is 0 Å². The molecule has 0 aromatic heterocycles. The Balaban J connectivity index is 2.62. The normalized spacial score (nSPS) is 39.5. The van der Waals surface area contributed by atoms with Crippen molar-refractivity contribution in [1.82, 2.24) is 0 Å². The summed E-state index contributed by atoms with van der Waals surface area (Å²) in [4.78, 5) is 0. The summed E-state index contributed by atoms with van der Waals surface area (Å²) in [5.74, 6) is 2.25. The summed E-state index contributed by atoms with van der Waals surface area (Å²) in [6, 6.07) is 0. The summed E-state index contributed by atoms with van der Waals surface area (Å²) >= 11 is 0. The number of aliphatic hydroxyl groups excluding tert-OH is 1. The van der Waals surface area contributed by atoms with Crippen LogP contribution >= 0.6 is 0 Å². The van der Waals surface area contributed by atoms with E-state index < -0.39 is 11.8 Å². The van der Waals surface area contributed by atoms with Crippen LogP contribution in [0.2, 0.25) is 0 Å². The Morgan fingerprint density at radius 1 is 1.90 bits per heavy atom. The molecule has 56 valence electrons. The van der Waals surface area contributed by atoms with Gasteiger partial charge >= 0.3 is 0 Å². The molecule has 1 rings (SSSR count). The van der Waals surface area contributed by atoms with Crippen molar-refractivity contribution in [2.24, 2.45) is 0 Å². The summed E-state index contributed by atoms with van der Waals surface area (Å²) in [5.41, 5.74) is -1.04. The molecule has 3 heteroatoms. The molecule has 1 N–H and O–H groups in total. The minimum Gasteiger partial charge on any atom is -0.392 e. The number of ether oxygens (including phenoxy) is 1. The molecule has 0 saturated carbocycles. The number of hydrogen-bond acceptors (Lipinski definition) is 2. The average molecular weight is 144 g/mol. The van der Waals surface area contributed by atoms with Gasteiger partial charge in [-0.2, -0.15) is 0 Å². The molecule has 2 unspecified atom stereocenters. The van der Waals surface area contributed by atoms with E-state index in [2.05, 4.69) is 5.92 Å². The van der Waals surface area contributed by atoms with Gasteiger partial charge in [-0.25, -0.2) is 4.39 Å². The second-order valence-electron chi connectivity index (χ2n) is 2.41. The third kappa shape index (κ3) is 1.13. The standard InChI is InChI=1S/C7H9FO2/c1-2-7(5-9)3-6(8)4-10-7/h1,6,9H,3-5H2. The van der Waals surface area contributed by atoms with Crippen molar-refractivity contribution in [1.29, 1.82) is 0 Å². The van der Waals surface area contributed by atoms with Crippen LogP contribution in [-0.4, -0.2) is 30.1 Å². The van der Waals surface area contributed by atoms with Gasteiger partial charge < -0.3 is 9.84 Å². The molecule has 0 bridgehead atoms. The van der Waals surface area contributed by atoms with Crippen LogP contribution in [0.5, 0.6) is 0 Å². The summed E-state index contributed by atoms with van der Waals surface area (Å²) in [7, 11) is 0. The highest BCUT2D eigenvalue weighted by Gasteiger charge is 2.38. The van der Waals surface area contributed by atoms with Gasteiger partial charge in [-0.05, 0) is 0 Å². The molecule has 1 saturated heterocycles. The fourth-order valence-corrected chi connectivity index (χ4v) is 0.982. The largest absolute Gasteiger partial charge is 0.392 e. The minimum atomic E-state index is -1.04. The van der Waals surface area contributed by atoms with E-state index in [0.29, 0.717) is 0 Å². The SMILES string of the molecule is C#CC1(CO)CC(F)CO1. The first-order valence-corrected chi connectivity index (χ1v) is 3.09. The predicted molar refractivity (Wildman–Crippen MR) is 34.1 cm³/mol. The molecular weight excluding hydrogens is 135 g/mol. The van der Waals surface area contributed by atoms with Crippen molar-refractivity contribution in [3.8, 4) is 12.3 Å². The highest BCUT2D eigenvalue weighted by Crippen LogP contribution is 2.26. The molecule has 2 atom stereocenters. The Morgan fingerprint density at radius 2 is 2.60 bits per heavy atom. The van der Waals surface area contributed by atoms with Crippen molar-refractivity contribution in [2.75, 3.05) is 13.2 Å². The molecule has 10 heavy (non-hydrogen) atoms. The van der Waals surface area contributed by atoms with E-state index in [1.165, 1.54) is 0 Å². The van der Waals surface area contributed by atoms with Crippen molar-refractivity contribution in [3.05, 3.63) is 0 Å². The monoisotopic (exact) mass is 144 g/mol. The zero-order valence-corrected chi connectivity index (χ0v) is 5.51. The molecule has 0 amide bonds. The molecule has 1 fully saturated rings. The van der Waals surface area contributed by atoms with E-state index in [1.807, 2.05) is 0 Å². The molecule has 0 radical (unpaired) electrons. The minimum absolute atomic E-state index is 0.00472. The zero-order valence-electron chi connectivity index (χ0n) is 5.51. The van der Waals surface area contributed by atoms with Crippen LogP contribution < -0.4 is 0 Å². The summed E-state index contributed by atoms with van der Waals surface area (Å²) in [6.45, 7) is -0.297. The Labute approximate surface area is 59.0 Å². The maximum atomic E-state index is 12.5. The van der Waals surface area contributed by atoms with E-state index in [-0.39, 0.29) is 19.6 Å². The van der Waals surface area contributed by atoms with Gasteiger partial charge in [-0.3, -0.25) is 0 Å². The van der Waals surface area contributed by atoms with Crippen molar-refractivity contribution in [3.63, 3.8) is 0 Å². The molecule has 1 aliphatic heterocycles. The fraction of sp³-hybridized carbons (Fsp3) is 0.714. The number of alkyl halides is 1. The first-order valence-electron chi connectivity index (χ1n) is 3.09. The number of terminal acetylenes is 1. The fourth-order valence-electron chi connectivity index (χ4n) is 0.982. The maximum absolute atomic E-state index is 12.5. The average Bonchev–Trinajstić information content (AvgIpc) is 2.33. The summed E-state index contributed by atoms with van der Waals surface area (Å²) < 4.78 is 17.4. The van der Waals surface area contributed by atoms with Crippen LogP contribution in [0, 0.1) is 12.3 Å². The van der Waals surface area contributed by atoms with Gasteiger partial charge in [0.1, 0.15) is 6.17 Å². The predicted octanol–water partition coefficient (Wildman–Crippen LogP) is 0.109. The Kier molecular flexibility index (Phi) is 1.93. The van der Waals surface area contributed by atoms with E-state index in [0.717, 1.165) is 0 Å². The van der Waals surface area contributed by atoms with Crippen LogP contribution in [-0.2, 0) is 4.74 Å². The number of halogens is 1. The third-order valence-corrected chi connectivity index (χ3v) is 1.61. The van der Waals surface area contributed by atoms with Gasteiger partial charge in [-0.15, -0.1) is 6.42 Å². The van der Waals surface area contributed by atoms with Crippen molar-refractivity contribution < 1.29 is 14.2 Å². The second kappa shape index (κ2) is 2.57. The van der Waals surface area contributed by atoms with E-state index in [4.69, 9.17) is 16.3 Å². The molecule has 1 aliphatic rings. The van der Waals surface area contributed by atoms with Crippen molar-refractivity contribution in [2.45, 2.75) is 18.2 Å². The molecule has 0 spiro atoms. The molecule has 0 aliphatic carbocycles. The summed E-state index contributed by atoms with van der Waals surface area (Å²) in [5, 5.41) is 8.70. The van der Waals surface area contributed by atoms with Crippen molar-refractivity contribution >= 4 is 0 Å². The number of hydrogen-bond donors (Lipinski definition) is 1. The van der Waals surface area contributed by atoms with Gasteiger partial charge in [0, 0.05) is 6.42 Å². The lowest BCUT2D eigenvalue weighted by atomic mass is 10.0. The van der Waals surface area contributed by atoms with Gasteiger partial charge in [0.15, 0.2) is 5.60 Å². The van der Waals surface area contributed by atoms with E-state index in [9.17, 15) is 4.39 Å². The number of aliphatic hydroxyl groups is 1. The first-order chi connectivity index (χ1) is 4.72. The smallest absolute Gasteiger partial charge is 0.154 e. The Bertz CT molecular complexity index is 163. The lowest BCUT2D eigenvalue weighted by molar-refractivity contribution is 0.00524. The molecule has 1 heterocycles. The van der Waals surface area contributed by atoms with Crippen LogP contribution in [0.1, 0.15) is 6.42 Å². The van der Waals surface area contributed by atoms with Gasteiger partial charge in [0.05, 0.1) is 13.2 Å². The first kappa shape index (κ1) is 7.52. The van der Waals surface area contributed by atoms with E-state index >= 15 is 0 Å². The van der Waals surface area contributed by atoms with Crippen LogP contribution in [0.15, 0.2) is 0 Å². The topological polar surface area (TPSA) is 29.5 Å². The highest BCUT2D eigenvalue weighted by molar-refractivity contribution is 5.12. The summed E-state index contributed by atoms with van der Waals surface area (Å²) in [6.07, 6.45) is 4.13. The Morgan fingerprint density at radius 3 is 2.80 bits per heavy atom. The molecule has 2 nitrogen and oxygen atoms in total. The quantitative estimate of drug-likeness (QED) is 0.529. The van der Waals surface area contributed by atoms with Gasteiger partial charge in [0.2, 0.25) is 0 Å². The lowest BCUT2D eigenvalue weighted by Gasteiger charge is -2.17. The highest BCUT2D eigenvalue weighted by atomic mass is 19.1. The molecule has 0 aromatic carbocycles. The van der Waals surface area contributed by atoms with Gasteiger partial charge in [-0.1, -0.05) is 5.92 Å². The van der Waals surface area contributed by atoms with Crippen LogP contribution in [0.4, 0.5) is 4.39 Å².